The van der Waals surface area contributed by atoms with E-state index in [0.29, 0.717) is 52.7 Å². The van der Waals surface area contributed by atoms with Crippen molar-refractivity contribution in [2.45, 2.75) is 132 Å². The Morgan fingerprint density at radius 2 is 1.15 bits per heavy atom. The third-order valence-electron chi connectivity index (χ3n) is 12.5. The molecule has 0 saturated heterocycles. The number of alkyl carbamates (subject to hydrolysis) is 2. The van der Waals surface area contributed by atoms with Crippen LogP contribution < -0.4 is 26.7 Å². The van der Waals surface area contributed by atoms with Gasteiger partial charge in [-0.25, -0.2) is 19.4 Å². The SMILES string of the molecule is COCCOCCOCCOCCOCCOC(=O)NC(C(=O)NC(Cc1ccccc1)C(CN(Cc1ccc(-c2ccccn2)cc1)NC(=O)C(NC(=O)OC)C(C)(C)C)OC(=O)C(CC(C)C)NC(=O)CCC(C)C)C(C)(C)C. The van der Waals surface area contributed by atoms with Gasteiger partial charge in [-0.15, -0.1) is 0 Å². The van der Waals surface area contributed by atoms with E-state index in [4.69, 9.17) is 37.9 Å². The van der Waals surface area contributed by atoms with Crippen LogP contribution in [0.3, 0.4) is 0 Å². The van der Waals surface area contributed by atoms with Gasteiger partial charge in [0.05, 0.1) is 84.9 Å². The van der Waals surface area contributed by atoms with Crippen molar-refractivity contribution in [3.8, 4) is 11.3 Å². The second kappa shape index (κ2) is 37.0. The molecule has 5 atom stereocenters. The first-order valence-electron chi connectivity index (χ1n) is 28.0. The summed E-state index contributed by atoms with van der Waals surface area (Å²) < 4.78 is 43.9. The molecule has 5 N–H and O–H groups in total. The zero-order valence-corrected chi connectivity index (χ0v) is 50.0. The molecule has 0 radical (unpaired) electrons. The van der Waals surface area contributed by atoms with E-state index in [0.717, 1.165) is 22.4 Å². The zero-order chi connectivity index (χ0) is 59.8. The molecule has 21 nitrogen and oxygen atoms in total. The van der Waals surface area contributed by atoms with E-state index in [2.05, 4.69) is 31.7 Å². The van der Waals surface area contributed by atoms with Gasteiger partial charge in [-0.3, -0.25) is 24.8 Å². The normalized spacial score (nSPS) is 13.6. The molecule has 0 aliphatic carbocycles. The molecule has 0 bridgehead atoms. The lowest BCUT2D eigenvalue weighted by atomic mass is 9.85. The highest BCUT2D eigenvalue weighted by molar-refractivity contribution is 5.88. The Bertz CT molecular complexity index is 2300. The maximum absolute atomic E-state index is 14.9. The number of esters is 1. The van der Waals surface area contributed by atoms with Crippen molar-refractivity contribution in [1.82, 2.24) is 36.7 Å². The highest BCUT2D eigenvalue weighted by atomic mass is 16.6. The molecule has 3 rings (SSSR count). The number of aromatic nitrogens is 1. The van der Waals surface area contributed by atoms with Gasteiger partial charge in [-0.2, -0.15) is 0 Å². The Hall–Kier alpha value is -6.23. The number of hydrazine groups is 1. The van der Waals surface area contributed by atoms with E-state index < -0.39 is 71.1 Å². The number of carbonyl (C=O) groups excluding carboxylic acids is 6. The summed E-state index contributed by atoms with van der Waals surface area (Å²) in [5.74, 6) is -2.10. The minimum atomic E-state index is -1.26. The van der Waals surface area contributed by atoms with Crippen molar-refractivity contribution in [3.05, 3.63) is 90.1 Å². The van der Waals surface area contributed by atoms with Crippen LogP contribution in [0.2, 0.25) is 0 Å². The average molecular weight is 1140 g/mol. The second-order valence-corrected chi connectivity index (χ2v) is 22.7. The quantitative estimate of drug-likeness (QED) is 0.0172. The molecule has 0 aliphatic heterocycles. The third kappa shape index (κ3) is 28.4. The minimum Gasteiger partial charge on any atom is -0.457 e. The summed E-state index contributed by atoms with van der Waals surface area (Å²) in [6.45, 7) is 21.6. The molecule has 0 spiro atoms. The van der Waals surface area contributed by atoms with Crippen LogP contribution in [0, 0.1) is 22.7 Å². The van der Waals surface area contributed by atoms with Gasteiger partial charge in [0.15, 0.2) is 0 Å². The van der Waals surface area contributed by atoms with E-state index in [1.165, 1.54) is 7.11 Å². The summed E-state index contributed by atoms with van der Waals surface area (Å²) in [4.78, 5) is 88.4. The summed E-state index contributed by atoms with van der Waals surface area (Å²) in [5, 5.41) is 13.0. The number of nitrogens with one attached hydrogen (secondary N) is 5. The number of rotatable bonds is 37. The number of amides is 5. The summed E-state index contributed by atoms with van der Waals surface area (Å²) >= 11 is 0. The van der Waals surface area contributed by atoms with Crippen LogP contribution in [-0.2, 0) is 70.0 Å². The van der Waals surface area contributed by atoms with E-state index in [9.17, 15) is 28.8 Å². The molecule has 1 heterocycles. The van der Waals surface area contributed by atoms with E-state index >= 15 is 0 Å². The molecule has 0 aliphatic rings. The van der Waals surface area contributed by atoms with Gasteiger partial charge < -0.3 is 59.2 Å². The van der Waals surface area contributed by atoms with Crippen LogP contribution >= 0.6 is 0 Å². The van der Waals surface area contributed by atoms with Crippen LogP contribution in [0.15, 0.2) is 79.0 Å². The number of hydrogen-bond donors (Lipinski definition) is 5. The lowest BCUT2D eigenvalue weighted by Crippen LogP contribution is -2.62. The van der Waals surface area contributed by atoms with Crippen molar-refractivity contribution >= 4 is 35.9 Å². The van der Waals surface area contributed by atoms with Gasteiger partial charge in [0.25, 0.3) is 5.91 Å². The topological polar surface area (TPSA) is 253 Å². The van der Waals surface area contributed by atoms with Crippen LogP contribution in [0.1, 0.15) is 99.6 Å². The molecule has 452 valence electrons. The molecule has 81 heavy (non-hydrogen) atoms. The van der Waals surface area contributed by atoms with Crippen molar-refractivity contribution < 1.29 is 66.7 Å². The van der Waals surface area contributed by atoms with Gasteiger partial charge in [-0.05, 0) is 65.2 Å². The summed E-state index contributed by atoms with van der Waals surface area (Å²) in [5.41, 5.74) is 4.40. The molecular weight excluding hydrogens is 1040 g/mol. The highest BCUT2D eigenvalue weighted by Gasteiger charge is 2.40. The Labute approximate surface area is 480 Å². The van der Waals surface area contributed by atoms with Crippen molar-refractivity contribution in [2.24, 2.45) is 22.7 Å². The molecule has 2 aromatic carbocycles. The van der Waals surface area contributed by atoms with Crippen molar-refractivity contribution in [2.75, 3.05) is 86.8 Å². The Morgan fingerprint density at radius 3 is 1.68 bits per heavy atom. The largest absolute Gasteiger partial charge is 0.457 e. The van der Waals surface area contributed by atoms with Crippen molar-refractivity contribution in [3.63, 3.8) is 0 Å². The fourth-order valence-corrected chi connectivity index (χ4v) is 8.17. The molecule has 0 fully saturated rings. The Balaban J connectivity index is 2.02. The zero-order valence-electron chi connectivity index (χ0n) is 50.0. The molecule has 5 amide bonds. The number of pyridine rings is 1. The van der Waals surface area contributed by atoms with Gasteiger partial charge >= 0.3 is 18.2 Å². The van der Waals surface area contributed by atoms with Crippen LogP contribution in [0.25, 0.3) is 11.3 Å². The molecule has 1 aromatic heterocycles. The summed E-state index contributed by atoms with van der Waals surface area (Å²) in [6, 6.07) is 18.0. The van der Waals surface area contributed by atoms with Gasteiger partial charge in [0.1, 0.15) is 30.8 Å². The maximum Gasteiger partial charge on any atom is 0.407 e. The molecule has 3 aromatic rings. The predicted molar refractivity (Wildman–Crippen MR) is 307 cm³/mol. The molecule has 5 unspecified atom stereocenters. The maximum atomic E-state index is 14.9. The monoisotopic (exact) mass is 1140 g/mol. The lowest BCUT2D eigenvalue weighted by Gasteiger charge is -2.37. The lowest BCUT2D eigenvalue weighted by molar-refractivity contribution is -0.158. The summed E-state index contributed by atoms with van der Waals surface area (Å²) in [7, 11) is 2.82. The van der Waals surface area contributed by atoms with E-state index in [1.807, 2.05) is 100 Å². The van der Waals surface area contributed by atoms with Gasteiger partial charge in [-0.1, -0.05) is 130 Å². The van der Waals surface area contributed by atoms with Crippen LogP contribution in [0.5, 0.6) is 0 Å². The van der Waals surface area contributed by atoms with Crippen LogP contribution in [-0.4, -0.2) is 163 Å². The van der Waals surface area contributed by atoms with Gasteiger partial charge in [0.2, 0.25) is 11.8 Å². The highest BCUT2D eigenvalue weighted by Crippen LogP contribution is 2.24. The number of nitrogens with zero attached hydrogens (tertiary/aromatic N) is 2. The first-order valence-corrected chi connectivity index (χ1v) is 28.0. The van der Waals surface area contributed by atoms with Crippen molar-refractivity contribution in [1.29, 1.82) is 0 Å². The first kappa shape index (κ1) is 69.0. The number of hydrogen-bond acceptors (Lipinski definition) is 16. The average Bonchev–Trinajstić information content (AvgIpc) is 3.45. The third-order valence-corrected chi connectivity index (χ3v) is 12.5. The van der Waals surface area contributed by atoms with E-state index in [-0.39, 0.29) is 69.9 Å². The van der Waals surface area contributed by atoms with E-state index in [1.54, 1.807) is 59.9 Å². The fraction of sp³-hybridized carbons (Fsp3) is 0.617. The number of benzene rings is 2. The number of ether oxygens (including phenoxy) is 8. The standard InChI is InChI=1S/C60H93N7O14/c1-42(2)21-26-51(68)62-49(38-43(3)4)56(71)81-50(41-67(66-55(70)53(60(8,9)10)64-57(72)75-12)40-45-22-24-46(25-23-45)47-20-16-17-27-61-47)48(39-44-18-14-13-15-19-44)63-54(69)52(59(5,6)7)65-58(73)80-37-36-79-35-34-78-33-32-77-31-30-76-29-28-74-11/h13-20,22-25,27,42-43,48-50,52-53H,21,26,28-41H2,1-12H3,(H,62,68)(H,63,69)(H,64,72)(H,65,73)(H,66,70). The Morgan fingerprint density at radius 1 is 0.593 bits per heavy atom. The van der Waals surface area contributed by atoms with Crippen LogP contribution in [0.4, 0.5) is 9.59 Å². The Kier molecular flexibility index (Phi) is 31.5. The predicted octanol–water partition coefficient (Wildman–Crippen LogP) is 6.81. The fourth-order valence-electron chi connectivity index (χ4n) is 8.17. The number of methoxy groups -OCH3 is 2. The second-order valence-electron chi connectivity index (χ2n) is 22.7. The molecule has 0 saturated carbocycles. The molecular formula is C60H93N7O14. The smallest absolute Gasteiger partial charge is 0.407 e. The first-order chi connectivity index (χ1) is 38.5. The molecule has 21 heteroatoms. The van der Waals surface area contributed by atoms with Gasteiger partial charge in [0, 0.05) is 31.8 Å². The summed E-state index contributed by atoms with van der Waals surface area (Å²) in [6.07, 6.45) is -0.0944. The number of carbonyl (C=O) groups is 6. The minimum absolute atomic E-state index is 0.0426.